The summed E-state index contributed by atoms with van der Waals surface area (Å²) in [5, 5.41) is 14.2. The Hall–Kier alpha value is -6.79. The summed E-state index contributed by atoms with van der Waals surface area (Å²) in [6.45, 7) is 5.30. The van der Waals surface area contributed by atoms with E-state index in [0.717, 1.165) is 54.8 Å². The van der Waals surface area contributed by atoms with Gasteiger partial charge >= 0.3 is 5.97 Å². The molecule has 6 aromatic rings. The lowest BCUT2D eigenvalue weighted by Crippen LogP contribution is -2.53. The number of nitro groups is 1. The lowest BCUT2D eigenvalue weighted by atomic mass is 9.47. The molecule has 286 valence electrons. The maximum absolute atomic E-state index is 15.3. The van der Waals surface area contributed by atoms with Gasteiger partial charge in [0.15, 0.2) is 4.80 Å². The number of anilines is 1. The topological polar surface area (TPSA) is 141 Å². The van der Waals surface area contributed by atoms with Crippen molar-refractivity contribution in [3.63, 3.8) is 0 Å². The number of nitrogens with zero attached hydrogens (tertiary/aromatic N) is 4. The van der Waals surface area contributed by atoms with E-state index in [1.807, 2.05) is 97.1 Å². The fourth-order valence-corrected chi connectivity index (χ4v) is 11.2. The summed E-state index contributed by atoms with van der Waals surface area (Å²) in [6, 6.07) is 32.5. The number of benzene rings is 5. The van der Waals surface area contributed by atoms with Gasteiger partial charge in [-0.3, -0.25) is 29.1 Å². The third-order valence-electron chi connectivity index (χ3n) is 12.2. The largest absolute Gasteiger partial charge is 0.463 e. The molecule has 2 aliphatic heterocycles. The normalized spacial score (nSPS) is 23.0. The second-order valence-corrected chi connectivity index (χ2v) is 16.2. The molecule has 2 bridgehead atoms. The van der Waals surface area contributed by atoms with Crippen LogP contribution in [0.25, 0.3) is 16.8 Å². The molecule has 12 heteroatoms. The van der Waals surface area contributed by atoms with E-state index in [1.54, 1.807) is 31.4 Å². The van der Waals surface area contributed by atoms with Crippen molar-refractivity contribution in [3.05, 3.63) is 184 Å². The summed E-state index contributed by atoms with van der Waals surface area (Å²) in [6.07, 6.45) is 1.82. The van der Waals surface area contributed by atoms with Crippen LogP contribution in [-0.4, -0.2) is 33.9 Å². The molecule has 3 heterocycles. The number of imide groups is 1. The van der Waals surface area contributed by atoms with Crippen LogP contribution in [-0.2, 0) is 24.5 Å². The number of allylic oxidation sites excluding steroid dienone is 1. The summed E-state index contributed by atoms with van der Waals surface area (Å²) in [4.78, 5) is 77.2. The number of nitro benzene ring substituents is 1. The van der Waals surface area contributed by atoms with Crippen molar-refractivity contribution in [1.82, 2.24) is 4.57 Å². The molecule has 0 radical (unpaired) electrons. The van der Waals surface area contributed by atoms with Crippen LogP contribution in [0, 0.1) is 28.9 Å². The zero-order valence-corrected chi connectivity index (χ0v) is 32.4. The Labute approximate surface area is 335 Å². The van der Waals surface area contributed by atoms with E-state index in [2.05, 4.69) is 0 Å². The van der Waals surface area contributed by atoms with Crippen LogP contribution in [0.2, 0.25) is 0 Å². The van der Waals surface area contributed by atoms with Gasteiger partial charge in [-0.1, -0.05) is 108 Å². The third kappa shape index (κ3) is 4.75. The predicted molar refractivity (Wildman–Crippen MR) is 218 cm³/mol. The Kier molecular flexibility index (Phi) is 7.90. The number of thiazole rings is 1. The molecular weight excluding hydrogens is 753 g/mol. The average Bonchev–Trinajstić information content (AvgIpc) is 3.67. The first kappa shape index (κ1) is 35.6. The highest BCUT2D eigenvalue weighted by Gasteiger charge is 2.68. The van der Waals surface area contributed by atoms with Crippen molar-refractivity contribution in [2.75, 3.05) is 11.5 Å². The number of carbonyl (C=O) groups excluding carboxylic acids is 3. The molecule has 3 aliphatic carbocycles. The number of aryl methyl sites for hydroxylation is 1. The highest BCUT2D eigenvalue weighted by atomic mass is 32.1. The van der Waals surface area contributed by atoms with E-state index in [9.17, 15) is 19.7 Å². The van der Waals surface area contributed by atoms with E-state index in [-0.39, 0.29) is 28.1 Å². The van der Waals surface area contributed by atoms with Crippen LogP contribution in [0.3, 0.4) is 0 Å². The van der Waals surface area contributed by atoms with E-state index < -0.39 is 57.5 Å². The third-order valence-corrected chi connectivity index (χ3v) is 13.2. The van der Waals surface area contributed by atoms with Gasteiger partial charge in [-0.25, -0.2) is 14.7 Å². The van der Waals surface area contributed by atoms with Gasteiger partial charge in [0.05, 0.1) is 50.6 Å². The number of ether oxygens (including phenoxy) is 1. The Morgan fingerprint density at radius 1 is 0.879 bits per heavy atom. The maximum Gasteiger partial charge on any atom is 0.338 e. The molecule has 0 saturated carbocycles. The van der Waals surface area contributed by atoms with Gasteiger partial charge in [-0.05, 0) is 77.1 Å². The van der Waals surface area contributed by atoms with Crippen molar-refractivity contribution in [3.8, 4) is 0 Å². The van der Waals surface area contributed by atoms with Crippen molar-refractivity contribution >= 4 is 57.3 Å². The monoisotopic (exact) mass is 786 g/mol. The second kappa shape index (κ2) is 12.9. The van der Waals surface area contributed by atoms with Crippen LogP contribution >= 0.6 is 11.3 Å². The molecule has 3 atom stereocenters. The molecule has 1 saturated heterocycles. The van der Waals surface area contributed by atoms with Crippen LogP contribution in [0.4, 0.5) is 11.4 Å². The summed E-state index contributed by atoms with van der Waals surface area (Å²) in [7, 11) is 0. The number of amides is 2. The van der Waals surface area contributed by atoms with Gasteiger partial charge in [-0.2, -0.15) is 0 Å². The average molecular weight is 787 g/mol. The predicted octanol–water partition coefficient (Wildman–Crippen LogP) is 6.37. The summed E-state index contributed by atoms with van der Waals surface area (Å²) < 4.78 is 7.38. The molecule has 2 amide bonds. The van der Waals surface area contributed by atoms with Gasteiger partial charge in [0, 0.05) is 12.0 Å². The molecule has 1 fully saturated rings. The quantitative estimate of drug-likeness (QED) is 0.0827. The highest BCUT2D eigenvalue weighted by Crippen LogP contribution is 2.65. The second-order valence-electron chi connectivity index (χ2n) is 15.2. The minimum Gasteiger partial charge on any atom is -0.463 e. The van der Waals surface area contributed by atoms with E-state index in [1.165, 1.54) is 12.1 Å². The molecule has 5 aromatic carbocycles. The first-order chi connectivity index (χ1) is 28.1. The number of fused-ring (bicyclic) bond motifs is 2. The molecule has 11 rings (SSSR count). The maximum atomic E-state index is 15.3. The molecule has 58 heavy (non-hydrogen) atoms. The number of hydrogen-bond acceptors (Lipinski definition) is 9. The van der Waals surface area contributed by atoms with E-state index in [4.69, 9.17) is 9.73 Å². The minimum atomic E-state index is -1.35. The smallest absolute Gasteiger partial charge is 0.338 e. The fraction of sp³-hybridized carbons (Fsp3) is 0.196. The molecular formula is C46H34N4O7S. The van der Waals surface area contributed by atoms with Gasteiger partial charge in [-0.15, -0.1) is 0 Å². The molecule has 5 aliphatic rings. The lowest BCUT2D eigenvalue weighted by Gasteiger charge is -2.53. The van der Waals surface area contributed by atoms with E-state index in [0.29, 0.717) is 16.1 Å². The first-order valence-corrected chi connectivity index (χ1v) is 19.9. The Morgan fingerprint density at radius 3 is 2.24 bits per heavy atom. The Balaban J connectivity index is 1.26. The number of carbonyl (C=O) groups is 3. The van der Waals surface area contributed by atoms with Gasteiger partial charge < -0.3 is 4.74 Å². The Bertz CT molecular complexity index is 3020. The lowest BCUT2D eigenvalue weighted by molar-refractivity contribution is -0.384. The fourth-order valence-electron chi connectivity index (χ4n) is 10.1. The minimum absolute atomic E-state index is 0.0842. The molecule has 0 N–H and O–H groups in total. The van der Waals surface area contributed by atoms with Crippen LogP contribution in [0.15, 0.2) is 130 Å². The van der Waals surface area contributed by atoms with Crippen molar-refractivity contribution in [2.24, 2.45) is 16.8 Å². The van der Waals surface area contributed by atoms with Crippen molar-refractivity contribution in [2.45, 2.75) is 38.1 Å². The number of rotatable bonds is 6. The zero-order chi connectivity index (χ0) is 40.2. The van der Waals surface area contributed by atoms with Crippen LogP contribution in [0.1, 0.15) is 59.2 Å². The summed E-state index contributed by atoms with van der Waals surface area (Å²) >= 11 is 1.15. The summed E-state index contributed by atoms with van der Waals surface area (Å²) in [5.41, 5.74) is 3.06. The van der Waals surface area contributed by atoms with Gasteiger partial charge in [0.2, 0.25) is 11.8 Å². The molecule has 11 nitrogen and oxygen atoms in total. The van der Waals surface area contributed by atoms with Crippen molar-refractivity contribution in [1.29, 1.82) is 0 Å². The van der Waals surface area contributed by atoms with E-state index >= 15 is 9.59 Å². The van der Waals surface area contributed by atoms with Gasteiger partial charge in [0.25, 0.3) is 11.2 Å². The van der Waals surface area contributed by atoms with Crippen molar-refractivity contribution < 1.29 is 24.0 Å². The SMILES string of the molecule is CCOC(=O)C1=C(C)N=c2s/c(=C/C34c5ccccc5C(c5ccccc53)[C@@H]3C(=O)N(c5ccc(C)cc5[N+](=O)[O-])C(=O)[C@@H]34)c(=O)n2[C@@H]1c1cccc2ccccc12. The number of aromatic nitrogens is 1. The number of esters is 1. The van der Waals surface area contributed by atoms with Crippen LogP contribution < -0.4 is 19.8 Å². The standard InChI is InChI=1S/C46H34N4O7S/c1-4-57-44(54)36-25(3)47-45-49(40(36)28-17-11-13-26-12-5-6-14-27(26)28)41(51)35(58-45)23-46-31-18-9-7-15-29(31)37(30-16-8-10-19-32(30)46)38-39(46)43(53)48(42(38)52)33-21-20-24(2)22-34(33)50(55)56/h5-23,37-40H,4H2,1-3H3/b35-23+/t37?,38-,39+,40+,46?/m0/s1. The van der Waals surface area contributed by atoms with Gasteiger partial charge in [0.1, 0.15) is 5.69 Å². The molecule has 0 spiro atoms. The number of hydrogen-bond donors (Lipinski definition) is 0. The zero-order valence-electron chi connectivity index (χ0n) is 31.5. The first-order valence-electron chi connectivity index (χ1n) is 19.1. The summed E-state index contributed by atoms with van der Waals surface area (Å²) in [5.74, 6) is -4.15. The van der Waals surface area contributed by atoms with Crippen LogP contribution in [0.5, 0.6) is 0 Å². The Morgan fingerprint density at radius 2 is 1.53 bits per heavy atom. The molecule has 0 unspecified atom stereocenters. The molecule has 1 aromatic heterocycles. The highest BCUT2D eigenvalue weighted by molar-refractivity contribution is 7.07.